The Hall–Kier alpha value is -5.51. The molecule has 3 aromatic heterocycles. The summed E-state index contributed by atoms with van der Waals surface area (Å²) in [5.74, 6) is 1.91. The molecule has 0 spiro atoms. The summed E-state index contributed by atoms with van der Waals surface area (Å²) in [6, 6.07) is 28.9. The van der Waals surface area contributed by atoms with Gasteiger partial charge in [0.15, 0.2) is 15.9 Å². The van der Waals surface area contributed by atoms with Gasteiger partial charge in [0, 0.05) is 51.9 Å². The largest absolute Gasteiger partial charge is 0.346 e. The van der Waals surface area contributed by atoms with Crippen LogP contribution in [0, 0.1) is 37.5 Å². The van der Waals surface area contributed by atoms with Crippen LogP contribution >= 0.6 is 0 Å². The number of benzene rings is 3. The molecule has 0 radical (unpaired) electrons. The zero-order chi connectivity index (χ0) is 50.2. The van der Waals surface area contributed by atoms with Gasteiger partial charge in [-0.15, -0.1) is 0 Å². The summed E-state index contributed by atoms with van der Waals surface area (Å²) in [4.78, 5) is 8.06. The first-order chi connectivity index (χ1) is 34.1. The summed E-state index contributed by atoms with van der Waals surface area (Å²) in [6.07, 6.45) is 17.0. The third kappa shape index (κ3) is 13.1. The van der Waals surface area contributed by atoms with Crippen LogP contribution in [0.3, 0.4) is 0 Å². The van der Waals surface area contributed by atoms with E-state index in [1.54, 1.807) is 16.8 Å². The van der Waals surface area contributed by atoms with Gasteiger partial charge in [0.05, 0.1) is 22.8 Å². The lowest BCUT2D eigenvalue weighted by atomic mass is 9.76. The maximum atomic E-state index is 14.0. The molecule has 376 valence electrons. The Morgan fingerprint density at radius 3 is 2.21 bits per heavy atom. The molecule has 4 heterocycles. The van der Waals surface area contributed by atoms with Crippen molar-refractivity contribution in [2.45, 2.75) is 102 Å². The van der Waals surface area contributed by atoms with Gasteiger partial charge in [-0.1, -0.05) is 79.6 Å². The molecule has 0 bridgehead atoms. The minimum absolute atomic E-state index is 0.306. The van der Waals surface area contributed by atoms with E-state index in [4.69, 9.17) is 5.10 Å². The van der Waals surface area contributed by atoms with E-state index < -0.39 is 21.4 Å². The van der Waals surface area contributed by atoms with Gasteiger partial charge in [0.25, 0.3) is 0 Å². The SMILES string of the molecule is Cc1c(N[SH+](=O)c2ccc(CCC(c3cc(CNCCc4ccccn4)cc(-c4ccc([S+](=O)(O)Nc5c(CC(C)C)nn(C)c5C)cc4)c3)C3CCN(C)CC3)cc2)c(CC2C=CC=CC2C)nn1C. The minimum atomic E-state index is -3.63. The molecule has 2 aliphatic rings. The third-order valence-corrected chi connectivity index (χ3v) is 17.3. The highest BCUT2D eigenvalue weighted by Gasteiger charge is 2.33. The number of aryl methyl sites for hydroxylation is 3. The van der Waals surface area contributed by atoms with Crippen LogP contribution in [0.5, 0.6) is 0 Å². The second-order valence-corrected chi connectivity index (χ2v) is 23.4. The lowest BCUT2D eigenvalue weighted by molar-refractivity contribution is 0.194. The van der Waals surface area contributed by atoms with Crippen molar-refractivity contribution in [1.29, 1.82) is 0 Å². The van der Waals surface area contributed by atoms with Gasteiger partial charge in [-0.3, -0.25) is 14.3 Å². The van der Waals surface area contributed by atoms with Crippen molar-refractivity contribution in [2.24, 2.45) is 37.8 Å². The lowest BCUT2D eigenvalue weighted by Gasteiger charge is -2.35. The van der Waals surface area contributed by atoms with Gasteiger partial charge in [0.2, 0.25) is 4.90 Å². The minimum Gasteiger partial charge on any atom is -0.312 e. The van der Waals surface area contributed by atoms with E-state index >= 15 is 0 Å². The van der Waals surface area contributed by atoms with E-state index in [2.05, 4.69) is 118 Å². The number of rotatable bonds is 21. The summed E-state index contributed by atoms with van der Waals surface area (Å²) in [6.45, 7) is 14.1. The molecule has 1 aliphatic carbocycles. The van der Waals surface area contributed by atoms with E-state index in [0.717, 1.165) is 108 Å². The first-order valence-corrected chi connectivity index (χ1v) is 28.2. The predicted octanol–water partition coefficient (Wildman–Crippen LogP) is 10.8. The molecular formula is C57H75N9O3S2+2. The summed E-state index contributed by atoms with van der Waals surface area (Å²) in [5.41, 5.74) is 11.9. The van der Waals surface area contributed by atoms with Gasteiger partial charge in [-0.25, -0.2) is 0 Å². The molecule has 14 heteroatoms. The zero-order valence-electron chi connectivity index (χ0n) is 42.9. The fraction of sp³-hybridized carbons (Fsp3) is 0.421. The Bertz CT molecular complexity index is 2860. The van der Waals surface area contributed by atoms with Gasteiger partial charge in [0.1, 0.15) is 11.4 Å². The Balaban J connectivity index is 1.03. The molecule has 6 aromatic rings. The number of aromatic nitrogens is 5. The Labute approximate surface area is 425 Å². The number of allylic oxidation sites excluding steroid dienone is 4. The molecule has 0 amide bonds. The van der Waals surface area contributed by atoms with Gasteiger partial charge in [-0.05, 0) is 182 Å². The van der Waals surface area contributed by atoms with Gasteiger partial charge >= 0.3 is 10.4 Å². The van der Waals surface area contributed by atoms with Crippen molar-refractivity contribution in [3.63, 3.8) is 0 Å². The predicted molar refractivity (Wildman–Crippen MR) is 292 cm³/mol. The number of thiol groups is 1. The van der Waals surface area contributed by atoms with Crippen molar-refractivity contribution in [1.82, 2.24) is 34.8 Å². The van der Waals surface area contributed by atoms with Crippen LogP contribution < -0.4 is 14.8 Å². The number of piperidine rings is 1. The average Bonchev–Trinajstić information content (AvgIpc) is 3.77. The highest BCUT2D eigenvalue weighted by molar-refractivity contribution is 7.99. The molecule has 4 N–H and O–H groups in total. The fourth-order valence-electron chi connectivity index (χ4n) is 10.2. The van der Waals surface area contributed by atoms with Crippen LogP contribution in [-0.2, 0) is 76.1 Å². The molecule has 3 aromatic carbocycles. The second-order valence-electron chi connectivity index (χ2n) is 20.4. The van der Waals surface area contributed by atoms with Crippen LogP contribution in [-0.4, -0.2) is 60.7 Å². The molecule has 8 rings (SSSR count). The summed E-state index contributed by atoms with van der Waals surface area (Å²) in [7, 11) is 0.501. The smallest absolute Gasteiger partial charge is 0.312 e. The normalized spacial score (nSPS) is 18.2. The van der Waals surface area contributed by atoms with Crippen molar-refractivity contribution in [2.75, 3.05) is 36.1 Å². The molecule has 5 atom stereocenters. The first kappa shape index (κ1) is 51.8. The number of nitrogens with one attached hydrogen (secondary N) is 3. The highest BCUT2D eigenvalue weighted by atomic mass is 32.3. The molecule has 1 aliphatic heterocycles. The first-order valence-electron chi connectivity index (χ1n) is 25.4. The third-order valence-electron chi connectivity index (χ3n) is 14.7. The van der Waals surface area contributed by atoms with Crippen molar-refractivity contribution >= 4 is 32.8 Å². The van der Waals surface area contributed by atoms with Gasteiger partial charge < -0.3 is 10.2 Å². The van der Waals surface area contributed by atoms with Crippen molar-refractivity contribution in [3.05, 3.63) is 161 Å². The lowest BCUT2D eigenvalue weighted by Crippen LogP contribution is -2.33. The van der Waals surface area contributed by atoms with Crippen molar-refractivity contribution in [3.8, 4) is 11.1 Å². The number of hydrogen-bond acceptors (Lipinski definition) is 7. The van der Waals surface area contributed by atoms with Crippen LogP contribution in [0.2, 0.25) is 0 Å². The van der Waals surface area contributed by atoms with Crippen LogP contribution in [0.4, 0.5) is 11.4 Å². The molecular weight excluding hydrogens is 923 g/mol. The number of hydrogen-bond donors (Lipinski definition) is 4. The molecule has 71 heavy (non-hydrogen) atoms. The number of pyridine rings is 1. The highest BCUT2D eigenvalue weighted by Crippen LogP contribution is 2.39. The number of anilines is 2. The molecule has 1 fully saturated rings. The van der Waals surface area contributed by atoms with Crippen LogP contribution in [0.25, 0.3) is 11.1 Å². The molecule has 12 nitrogen and oxygen atoms in total. The van der Waals surface area contributed by atoms with Gasteiger partial charge in [-0.2, -0.15) is 24.2 Å². The quantitative estimate of drug-likeness (QED) is 0.0317. The Morgan fingerprint density at radius 2 is 1.52 bits per heavy atom. The topological polar surface area (TPSA) is 142 Å². The Kier molecular flexibility index (Phi) is 17.1. The van der Waals surface area contributed by atoms with E-state index in [0.29, 0.717) is 53.1 Å². The monoisotopic (exact) mass is 998 g/mol. The van der Waals surface area contributed by atoms with E-state index in [1.807, 2.05) is 75.2 Å². The molecule has 5 unspecified atom stereocenters. The summed E-state index contributed by atoms with van der Waals surface area (Å²) in [5, 5.41) is 13.2. The molecule has 0 saturated carbocycles. The number of likely N-dealkylation sites (tertiary alicyclic amines) is 1. The van der Waals surface area contributed by atoms with E-state index in [-0.39, 0.29) is 0 Å². The van der Waals surface area contributed by atoms with Crippen molar-refractivity contribution < 1.29 is 13.0 Å². The van der Waals surface area contributed by atoms with E-state index in [1.165, 1.54) is 16.7 Å². The van der Waals surface area contributed by atoms with Crippen LogP contribution in [0.15, 0.2) is 125 Å². The van der Waals surface area contributed by atoms with Crippen LogP contribution in [0.1, 0.15) is 91.1 Å². The fourth-order valence-corrected chi connectivity index (χ4v) is 12.4. The zero-order valence-corrected chi connectivity index (χ0v) is 44.6. The Morgan fingerprint density at radius 1 is 0.817 bits per heavy atom. The maximum absolute atomic E-state index is 14.0. The summed E-state index contributed by atoms with van der Waals surface area (Å²) < 4.78 is 49.5. The standard InChI is InChI=1S/C57H73N9O3S2/c1-39(2)33-54-57(42(5)66(8)60-54)63-71(68,69)52-23-19-45(20-24-52)48-34-44(38-58-30-26-50-15-11-12-29-59-50)35-49(36-48)53(46-27-31-64(6)32-28-46)25-18-43-16-21-51(22-17-43)70(67)62-56-41(4)65(7)61-55(56)37-47-14-10-9-13-40(47)3/h9-17,19-24,29,34-36,39-40,46-47,53,58H,18,25-28,30-33,37-38H2,1-8H3,(H2-,62,63,67,68,69)/p+2. The maximum Gasteiger partial charge on any atom is 0.346 e. The summed E-state index contributed by atoms with van der Waals surface area (Å²) >= 11 is 0. The second kappa shape index (κ2) is 23.4. The molecule has 1 saturated heterocycles. The van der Waals surface area contributed by atoms with E-state index in [9.17, 15) is 13.0 Å². The number of nitrogens with zero attached hydrogens (tertiary/aromatic N) is 6. The average molecular weight is 998 g/mol.